The second-order valence-corrected chi connectivity index (χ2v) is 10.2. The van der Waals surface area contributed by atoms with E-state index in [0.29, 0.717) is 34.2 Å². The van der Waals surface area contributed by atoms with Crippen LogP contribution in [0.1, 0.15) is 0 Å². The molecule has 0 fully saturated rings. The quantitative estimate of drug-likeness (QED) is 0.273. The largest absolute Gasteiger partial charge is 0.334 e. The Morgan fingerprint density at radius 1 is 0.682 bits per heavy atom. The van der Waals surface area contributed by atoms with E-state index in [1.54, 1.807) is 30.9 Å². The van der Waals surface area contributed by atoms with Crippen LogP contribution in [-0.2, 0) is 0 Å². The van der Waals surface area contributed by atoms with E-state index in [2.05, 4.69) is 35.3 Å². The van der Waals surface area contributed by atoms with E-state index >= 15 is 0 Å². The number of hydrogen-bond donors (Lipinski definition) is 2. The first-order valence-electron chi connectivity index (χ1n) is 13.7. The summed E-state index contributed by atoms with van der Waals surface area (Å²) >= 11 is 0. The molecule has 0 aliphatic carbocycles. The SMILES string of the molecule is c1cnc(-c2c(-c3n[nH]c4ccccc34)cc3cnnc(-c4nc5ncncc5[nH]4)c3c2-c2cc3ccccc3nn2)nc1. The Morgan fingerprint density at radius 2 is 1.57 bits per heavy atom. The highest BCUT2D eigenvalue weighted by atomic mass is 15.1. The molecule has 0 spiro atoms. The number of rotatable bonds is 4. The van der Waals surface area contributed by atoms with Crippen molar-refractivity contribution in [2.45, 2.75) is 0 Å². The zero-order chi connectivity index (χ0) is 29.0. The summed E-state index contributed by atoms with van der Waals surface area (Å²) in [4.78, 5) is 25.9. The van der Waals surface area contributed by atoms with Crippen LogP contribution in [0.3, 0.4) is 0 Å². The summed E-state index contributed by atoms with van der Waals surface area (Å²) in [5.74, 6) is 0.992. The zero-order valence-corrected chi connectivity index (χ0v) is 22.7. The Bertz CT molecular complexity index is 2490. The first-order valence-corrected chi connectivity index (χ1v) is 13.7. The van der Waals surface area contributed by atoms with Crippen LogP contribution < -0.4 is 0 Å². The van der Waals surface area contributed by atoms with E-state index in [9.17, 15) is 0 Å². The third-order valence-electron chi connectivity index (χ3n) is 7.60. The van der Waals surface area contributed by atoms with Gasteiger partial charge in [0.15, 0.2) is 17.3 Å². The molecule has 0 bridgehead atoms. The third-order valence-corrected chi connectivity index (χ3v) is 7.60. The van der Waals surface area contributed by atoms with Gasteiger partial charge in [-0.25, -0.2) is 24.9 Å². The Balaban J connectivity index is 1.47. The molecule has 0 saturated heterocycles. The lowest BCUT2D eigenvalue weighted by molar-refractivity contribution is 1.04. The lowest BCUT2D eigenvalue weighted by Gasteiger charge is -2.17. The predicted molar refractivity (Wildman–Crippen MR) is 165 cm³/mol. The minimum Gasteiger partial charge on any atom is -0.334 e. The second-order valence-electron chi connectivity index (χ2n) is 10.2. The van der Waals surface area contributed by atoms with Crippen LogP contribution in [0.2, 0.25) is 0 Å². The van der Waals surface area contributed by atoms with Crippen molar-refractivity contribution in [2.24, 2.45) is 0 Å². The summed E-state index contributed by atoms with van der Waals surface area (Å²) in [7, 11) is 0. The monoisotopic (exact) mass is 570 g/mol. The van der Waals surface area contributed by atoms with Gasteiger partial charge in [-0.15, -0.1) is 15.3 Å². The average Bonchev–Trinajstić information content (AvgIpc) is 3.72. The van der Waals surface area contributed by atoms with Gasteiger partial charge >= 0.3 is 0 Å². The first-order chi connectivity index (χ1) is 21.8. The molecule has 9 aromatic rings. The van der Waals surface area contributed by atoms with Crippen molar-refractivity contribution in [1.82, 2.24) is 60.5 Å². The van der Waals surface area contributed by atoms with Crippen LogP contribution in [0, 0.1) is 0 Å². The fraction of sp³-hybridized carbons (Fsp3) is 0. The van der Waals surface area contributed by atoms with E-state index < -0.39 is 0 Å². The maximum absolute atomic E-state index is 4.77. The van der Waals surface area contributed by atoms with Crippen molar-refractivity contribution in [3.63, 3.8) is 0 Å². The van der Waals surface area contributed by atoms with Crippen molar-refractivity contribution < 1.29 is 0 Å². The summed E-state index contributed by atoms with van der Waals surface area (Å²) < 4.78 is 0. The van der Waals surface area contributed by atoms with E-state index in [1.807, 2.05) is 60.7 Å². The van der Waals surface area contributed by atoms with Crippen molar-refractivity contribution in [3.05, 3.63) is 97.8 Å². The van der Waals surface area contributed by atoms with Crippen molar-refractivity contribution in [2.75, 3.05) is 0 Å². The Labute approximate surface area is 247 Å². The van der Waals surface area contributed by atoms with Crippen LogP contribution >= 0.6 is 0 Å². The molecular weight excluding hydrogens is 552 g/mol. The molecule has 12 nitrogen and oxygen atoms in total. The number of nitrogens with one attached hydrogen (secondary N) is 2. The fourth-order valence-corrected chi connectivity index (χ4v) is 5.68. The van der Waals surface area contributed by atoms with E-state index in [1.165, 1.54) is 6.33 Å². The Morgan fingerprint density at radius 3 is 2.50 bits per heavy atom. The molecular formula is C32H18N12. The average molecular weight is 571 g/mol. The topological polar surface area (TPSA) is 160 Å². The molecule has 0 saturated carbocycles. The van der Waals surface area contributed by atoms with Gasteiger partial charge in [0.2, 0.25) is 0 Å². The number of fused-ring (bicyclic) bond motifs is 4. The molecule has 2 N–H and O–H groups in total. The highest BCUT2D eigenvalue weighted by Crippen LogP contribution is 2.46. The number of aromatic nitrogens is 12. The summed E-state index contributed by atoms with van der Waals surface area (Å²) in [6, 6.07) is 21.7. The molecule has 0 aliphatic heterocycles. The lowest BCUT2D eigenvalue weighted by atomic mass is 9.88. The van der Waals surface area contributed by atoms with Gasteiger partial charge in [0.25, 0.3) is 0 Å². The van der Waals surface area contributed by atoms with E-state index in [4.69, 9.17) is 25.1 Å². The van der Waals surface area contributed by atoms with Crippen molar-refractivity contribution in [1.29, 1.82) is 0 Å². The Hall–Kier alpha value is -6.56. The maximum atomic E-state index is 4.77. The van der Waals surface area contributed by atoms with Crippen molar-refractivity contribution >= 4 is 43.7 Å². The summed E-state index contributed by atoms with van der Waals surface area (Å²) in [5.41, 5.74) is 7.03. The van der Waals surface area contributed by atoms with Crippen LogP contribution in [0.15, 0.2) is 97.8 Å². The number of hydrogen-bond acceptors (Lipinski definition) is 10. The smallest absolute Gasteiger partial charge is 0.181 e. The summed E-state index contributed by atoms with van der Waals surface area (Å²) in [6.45, 7) is 0. The molecule has 0 unspecified atom stereocenters. The number of aromatic amines is 2. The number of nitrogens with zero attached hydrogens (tertiary/aromatic N) is 10. The molecule has 0 atom stereocenters. The first kappa shape index (κ1) is 24.1. The minimum atomic E-state index is 0.492. The van der Waals surface area contributed by atoms with Gasteiger partial charge in [-0.1, -0.05) is 36.4 Å². The van der Waals surface area contributed by atoms with E-state index in [0.717, 1.165) is 55.0 Å². The van der Waals surface area contributed by atoms with Gasteiger partial charge in [-0.2, -0.15) is 10.2 Å². The van der Waals surface area contributed by atoms with Gasteiger partial charge in [0, 0.05) is 50.6 Å². The zero-order valence-electron chi connectivity index (χ0n) is 22.7. The van der Waals surface area contributed by atoms with E-state index in [-0.39, 0.29) is 0 Å². The van der Waals surface area contributed by atoms with Gasteiger partial charge < -0.3 is 4.98 Å². The Kier molecular flexibility index (Phi) is 5.19. The predicted octanol–water partition coefficient (Wildman–Crippen LogP) is 5.57. The molecule has 0 aliphatic rings. The molecule has 6 aromatic heterocycles. The fourth-order valence-electron chi connectivity index (χ4n) is 5.68. The molecule has 0 radical (unpaired) electrons. The molecule has 12 heteroatoms. The normalized spacial score (nSPS) is 11.6. The lowest BCUT2D eigenvalue weighted by Crippen LogP contribution is -2.02. The van der Waals surface area contributed by atoms with Crippen molar-refractivity contribution in [3.8, 4) is 45.4 Å². The molecule has 206 valence electrons. The van der Waals surface area contributed by atoms with Crippen LogP contribution in [-0.4, -0.2) is 60.5 Å². The standard InChI is InChI=1S/C32H18N12/c1-3-8-21-17(6-1)13-23(42-40-21)27-25-18(14-37-43-29(25)32-38-24-15-33-16-36-30(24)39-32)12-20(26(27)31-34-10-5-11-35-31)28-19-7-2-4-9-22(19)41-44-28/h1-16H,(H,41,44)(H,33,36,38,39). The van der Waals surface area contributed by atoms with Gasteiger partial charge in [-0.05, 0) is 30.3 Å². The molecule has 44 heavy (non-hydrogen) atoms. The van der Waals surface area contributed by atoms with Gasteiger partial charge in [-0.3, -0.25) is 5.10 Å². The third kappa shape index (κ3) is 3.71. The van der Waals surface area contributed by atoms with Gasteiger partial charge in [0.05, 0.1) is 29.1 Å². The van der Waals surface area contributed by atoms with Crippen LogP contribution in [0.5, 0.6) is 0 Å². The minimum absolute atomic E-state index is 0.492. The molecule has 3 aromatic carbocycles. The van der Waals surface area contributed by atoms with Crippen LogP contribution in [0.25, 0.3) is 89.2 Å². The second kappa shape index (κ2) is 9.49. The molecule has 9 rings (SSSR count). The number of para-hydroxylation sites is 1. The summed E-state index contributed by atoms with van der Waals surface area (Å²) in [6.07, 6.45) is 8.31. The van der Waals surface area contributed by atoms with Crippen LogP contribution in [0.4, 0.5) is 0 Å². The maximum Gasteiger partial charge on any atom is 0.181 e. The number of H-pyrrole nitrogens is 2. The highest BCUT2D eigenvalue weighted by Gasteiger charge is 2.27. The summed E-state index contributed by atoms with van der Waals surface area (Å²) in [5, 5.41) is 29.7. The molecule has 0 amide bonds. The number of benzene rings is 3. The molecule has 6 heterocycles. The van der Waals surface area contributed by atoms with Gasteiger partial charge in [0.1, 0.15) is 23.2 Å². The highest BCUT2D eigenvalue weighted by molar-refractivity contribution is 6.14. The number of imidazole rings is 1.